The molecule has 0 aliphatic carbocycles. The Labute approximate surface area is 238 Å². The van der Waals surface area contributed by atoms with E-state index in [9.17, 15) is 14.4 Å². The van der Waals surface area contributed by atoms with Crippen molar-refractivity contribution in [1.82, 2.24) is 15.5 Å². The Kier molecular flexibility index (Phi) is 11.8. The van der Waals surface area contributed by atoms with Crippen LogP contribution < -0.4 is 10.6 Å². The van der Waals surface area contributed by atoms with Crippen molar-refractivity contribution in [2.24, 2.45) is 0 Å². The lowest BCUT2D eigenvalue weighted by atomic mass is 10.1. The minimum Gasteiger partial charge on any atom is -0.445 e. The topological polar surface area (TPSA) is 97.0 Å². The number of alkyl carbamates (subject to hydrolysis) is 2. The van der Waals surface area contributed by atoms with Gasteiger partial charge in [0.05, 0.1) is 11.4 Å². The Morgan fingerprint density at radius 1 is 0.923 bits per heavy atom. The number of unbranched alkanes of at least 4 members (excludes halogenated alkanes) is 1. The average molecular weight is 572 g/mol. The molecule has 0 spiro atoms. The summed E-state index contributed by atoms with van der Waals surface area (Å²) in [6.07, 6.45) is 1.04. The zero-order valence-corrected chi connectivity index (χ0v) is 24.3. The Hall–Kier alpha value is -3.37. The predicted molar refractivity (Wildman–Crippen MR) is 155 cm³/mol. The van der Waals surface area contributed by atoms with Gasteiger partial charge in [0, 0.05) is 24.0 Å². The molecule has 39 heavy (non-hydrogen) atoms. The van der Waals surface area contributed by atoms with E-state index in [2.05, 4.69) is 10.6 Å². The van der Waals surface area contributed by atoms with Crippen LogP contribution in [0.1, 0.15) is 60.1 Å². The first kappa shape index (κ1) is 30.2. The Morgan fingerprint density at radius 2 is 1.67 bits per heavy atom. The molecule has 0 unspecified atom stereocenters. The van der Waals surface area contributed by atoms with Crippen molar-refractivity contribution in [2.75, 3.05) is 13.1 Å². The summed E-state index contributed by atoms with van der Waals surface area (Å²) < 4.78 is 10.7. The van der Waals surface area contributed by atoms with Crippen molar-refractivity contribution in [3.63, 3.8) is 0 Å². The Bertz CT molecular complexity index is 1150. The molecule has 2 N–H and O–H groups in total. The number of nitrogens with zero attached hydrogens (tertiary/aromatic N) is 1. The number of rotatable bonds is 13. The highest BCUT2D eigenvalue weighted by Gasteiger charge is 2.25. The molecule has 1 aromatic carbocycles. The molecule has 0 bridgehead atoms. The summed E-state index contributed by atoms with van der Waals surface area (Å²) in [6.45, 7) is 6.89. The molecule has 8 nitrogen and oxygen atoms in total. The quantitative estimate of drug-likeness (QED) is 0.230. The highest BCUT2D eigenvalue weighted by atomic mass is 32.1. The smallest absolute Gasteiger partial charge is 0.407 e. The maximum absolute atomic E-state index is 13.3. The van der Waals surface area contributed by atoms with E-state index in [0.717, 1.165) is 16.9 Å². The van der Waals surface area contributed by atoms with Gasteiger partial charge >= 0.3 is 12.2 Å². The third-order valence-electron chi connectivity index (χ3n) is 5.57. The number of amides is 3. The van der Waals surface area contributed by atoms with E-state index >= 15 is 0 Å². The molecule has 0 saturated carbocycles. The summed E-state index contributed by atoms with van der Waals surface area (Å²) in [7, 11) is 0. The number of hydrogen-bond acceptors (Lipinski definition) is 7. The first-order valence-electron chi connectivity index (χ1n) is 13.0. The van der Waals surface area contributed by atoms with Gasteiger partial charge in [-0.25, -0.2) is 9.59 Å². The lowest BCUT2D eigenvalue weighted by Gasteiger charge is -2.29. The van der Waals surface area contributed by atoms with E-state index < -0.39 is 17.8 Å². The number of nitrogens with one attached hydrogen (secondary N) is 2. The van der Waals surface area contributed by atoms with Gasteiger partial charge < -0.3 is 25.0 Å². The van der Waals surface area contributed by atoms with Gasteiger partial charge in [-0.05, 0) is 68.5 Å². The second kappa shape index (κ2) is 15.3. The van der Waals surface area contributed by atoms with Gasteiger partial charge in [0.15, 0.2) is 0 Å². The van der Waals surface area contributed by atoms with Gasteiger partial charge in [-0.3, -0.25) is 4.79 Å². The molecule has 2 heterocycles. The van der Waals surface area contributed by atoms with Crippen LogP contribution >= 0.6 is 22.7 Å². The van der Waals surface area contributed by atoms with Crippen LogP contribution in [0.2, 0.25) is 0 Å². The summed E-state index contributed by atoms with van der Waals surface area (Å²) in [5.41, 5.74) is 0.287. The molecule has 3 aromatic rings. The molecular formula is C29H37N3O5S2. The van der Waals surface area contributed by atoms with E-state index in [4.69, 9.17) is 9.47 Å². The van der Waals surface area contributed by atoms with Gasteiger partial charge in [0.1, 0.15) is 12.2 Å². The van der Waals surface area contributed by atoms with Crippen molar-refractivity contribution in [2.45, 2.75) is 64.8 Å². The van der Waals surface area contributed by atoms with Crippen LogP contribution in [0.5, 0.6) is 0 Å². The van der Waals surface area contributed by atoms with Gasteiger partial charge in [-0.15, -0.1) is 22.7 Å². The van der Waals surface area contributed by atoms with Crippen molar-refractivity contribution >= 4 is 40.8 Å². The maximum Gasteiger partial charge on any atom is 0.407 e. The molecule has 1 atom stereocenters. The number of hydrogen-bond donors (Lipinski definition) is 2. The largest absolute Gasteiger partial charge is 0.445 e. The van der Waals surface area contributed by atoms with Gasteiger partial charge in [-0.1, -0.05) is 42.5 Å². The van der Waals surface area contributed by atoms with E-state index in [0.29, 0.717) is 37.4 Å². The number of benzene rings is 1. The average Bonchev–Trinajstić information content (AvgIpc) is 3.60. The van der Waals surface area contributed by atoms with Crippen LogP contribution in [0.3, 0.4) is 0 Å². The van der Waals surface area contributed by atoms with E-state index in [1.807, 2.05) is 86.1 Å². The molecule has 3 rings (SSSR count). The maximum atomic E-state index is 13.3. The molecule has 0 radical (unpaired) electrons. The standard InChI is InChI=1S/C29H37N3O5S2/c1-29(2,3)37-28(35)31-23(13-7-8-16-30-27(34)36-21-22-11-5-4-6-12-22)19-32(20-24-14-9-17-38-24)26(33)25-15-10-18-39-25/h4-6,9-12,14-15,17-18,23H,7-8,13,16,19-21H2,1-3H3,(H,30,34)(H,31,35)/t23-/m0/s1. The fourth-order valence-electron chi connectivity index (χ4n) is 3.80. The lowest BCUT2D eigenvalue weighted by molar-refractivity contribution is 0.0473. The van der Waals surface area contributed by atoms with E-state index in [1.54, 1.807) is 16.2 Å². The summed E-state index contributed by atoms with van der Waals surface area (Å²) in [4.78, 5) is 41.5. The zero-order chi connectivity index (χ0) is 28.1. The summed E-state index contributed by atoms with van der Waals surface area (Å²) >= 11 is 2.99. The van der Waals surface area contributed by atoms with Crippen molar-refractivity contribution in [1.29, 1.82) is 0 Å². The van der Waals surface area contributed by atoms with Gasteiger partial charge in [-0.2, -0.15) is 0 Å². The van der Waals surface area contributed by atoms with Crippen LogP contribution in [0.25, 0.3) is 0 Å². The van der Waals surface area contributed by atoms with Gasteiger partial charge in [0.25, 0.3) is 5.91 Å². The number of carbonyl (C=O) groups is 3. The van der Waals surface area contributed by atoms with Crippen molar-refractivity contribution in [3.8, 4) is 0 Å². The zero-order valence-electron chi connectivity index (χ0n) is 22.7. The number of thiophene rings is 2. The van der Waals surface area contributed by atoms with Crippen LogP contribution in [-0.4, -0.2) is 47.7 Å². The monoisotopic (exact) mass is 571 g/mol. The molecule has 0 fully saturated rings. The normalized spacial score (nSPS) is 11.9. The fourth-order valence-corrected chi connectivity index (χ4v) is 5.21. The molecule has 210 valence electrons. The number of carbonyl (C=O) groups excluding carboxylic acids is 3. The number of ether oxygens (including phenoxy) is 2. The molecule has 2 aromatic heterocycles. The second-order valence-electron chi connectivity index (χ2n) is 10.1. The van der Waals surface area contributed by atoms with Crippen LogP contribution in [0.15, 0.2) is 65.4 Å². The van der Waals surface area contributed by atoms with E-state index in [-0.39, 0.29) is 18.6 Å². The Morgan fingerprint density at radius 3 is 2.33 bits per heavy atom. The van der Waals surface area contributed by atoms with Crippen LogP contribution in [0.4, 0.5) is 9.59 Å². The lowest BCUT2D eigenvalue weighted by Crippen LogP contribution is -2.47. The third kappa shape index (κ3) is 11.5. The first-order valence-corrected chi connectivity index (χ1v) is 14.7. The molecular weight excluding hydrogens is 534 g/mol. The molecule has 0 saturated heterocycles. The predicted octanol–water partition coefficient (Wildman–Crippen LogP) is 6.44. The molecule has 0 aliphatic heterocycles. The van der Waals surface area contributed by atoms with Crippen LogP contribution in [-0.2, 0) is 22.6 Å². The summed E-state index contributed by atoms with van der Waals surface area (Å²) in [5.74, 6) is -0.0720. The minimum absolute atomic E-state index is 0.0720. The fraction of sp³-hybridized carbons (Fsp3) is 0.414. The second-order valence-corrected chi connectivity index (χ2v) is 12.0. The highest BCUT2D eigenvalue weighted by Crippen LogP contribution is 2.19. The molecule has 3 amide bonds. The highest BCUT2D eigenvalue weighted by molar-refractivity contribution is 7.12. The molecule has 0 aliphatic rings. The minimum atomic E-state index is -0.637. The van der Waals surface area contributed by atoms with Crippen LogP contribution in [0, 0.1) is 0 Å². The van der Waals surface area contributed by atoms with Crippen molar-refractivity contribution in [3.05, 3.63) is 80.7 Å². The summed E-state index contributed by atoms with van der Waals surface area (Å²) in [5, 5.41) is 9.60. The first-order chi connectivity index (χ1) is 18.7. The Balaban J connectivity index is 1.55. The summed E-state index contributed by atoms with van der Waals surface area (Å²) in [6, 6.07) is 16.8. The third-order valence-corrected chi connectivity index (χ3v) is 7.29. The SMILES string of the molecule is CC(C)(C)OC(=O)N[C@@H](CCCCNC(=O)OCc1ccccc1)CN(Cc1cccs1)C(=O)c1cccs1. The van der Waals surface area contributed by atoms with E-state index in [1.165, 1.54) is 11.3 Å². The molecule has 10 heteroatoms. The van der Waals surface area contributed by atoms with Gasteiger partial charge in [0.2, 0.25) is 0 Å². The van der Waals surface area contributed by atoms with Crippen molar-refractivity contribution < 1.29 is 23.9 Å².